The number of carboxylic acids is 1. The second-order valence-electron chi connectivity index (χ2n) is 4.83. The Kier molecular flexibility index (Phi) is 4.86. The number of carboxylic acid groups (broad SMARTS) is 1. The summed E-state index contributed by atoms with van der Waals surface area (Å²) in [6.07, 6.45) is 7.37. The molecule has 1 aromatic carbocycles. The van der Waals surface area contributed by atoms with E-state index < -0.39 is 5.97 Å². The molecule has 3 nitrogen and oxygen atoms in total. The first-order valence-corrected chi connectivity index (χ1v) is 7.54. The highest BCUT2D eigenvalue weighted by molar-refractivity contribution is 14.1. The van der Waals surface area contributed by atoms with Gasteiger partial charge in [-0.15, -0.1) is 0 Å². The molecule has 0 atom stereocenters. The van der Waals surface area contributed by atoms with Gasteiger partial charge in [0.1, 0.15) is 0 Å². The van der Waals surface area contributed by atoms with Crippen LogP contribution in [0.3, 0.4) is 0 Å². The highest BCUT2D eigenvalue weighted by Gasteiger charge is 2.16. The quantitative estimate of drug-likeness (QED) is 0.630. The average Bonchev–Trinajstić information content (AvgIpc) is 2.60. The fraction of sp³-hybridized carbons (Fsp3) is 0.500. The van der Waals surface area contributed by atoms with Crippen LogP contribution in [-0.4, -0.2) is 17.1 Å². The van der Waals surface area contributed by atoms with E-state index in [1.807, 2.05) is 12.1 Å². The van der Waals surface area contributed by atoms with Crippen molar-refractivity contribution in [1.29, 1.82) is 0 Å². The minimum Gasteiger partial charge on any atom is -0.478 e. The molecule has 0 aliphatic heterocycles. The Balaban J connectivity index is 2.14. The molecule has 0 saturated heterocycles. The zero-order chi connectivity index (χ0) is 13.0. The number of anilines is 1. The number of rotatable bonds is 3. The number of hydrogen-bond donors (Lipinski definition) is 2. The fourth-order valence-corrected chi connectivity index (χ4v) is 2.95. The number of carbonyl (C=O) groups is 1. The van der Waals surface area contributed by atoms with E-state index in [2.05, 4.69) is 27.9 Å². The second kappa shape index (κ2) is 6.41. The predicted molar refractivity (Wildman–Crippen MR) is 81.2 cm³/mol. The zero-order valence-corrected chi connectivity index (χ0v) is 12.4. The molecular formula is C14H18INO2. The highest BCUT2D eigenvalue weighted by atomic mass is 127. The van der Waals surface area contributed by atoms with Crippen molar-refractivity contribution in [3.8, 4) is 0 Å². The summed E-state index contributed by atoms with van der Waals surface area (Å²) >= 11 is 2.14. The van der Waals surface area contributed by atoms with Gasteiger partial charge in [0.25, 0.3) is 0 Å². The van der Waals surface area contributed by atoms with Crippen molar-refractivity contribution < 1.29 is 9.90 Å². The standard InChI is InChI=1S/C14H18INO2/c15-10-7-8-13(12(9-10)14(17)18)16-11-5-3-1-2-4-6-11/h7-9,11,16H,1-6H2,(H,17,18). The zero-order valence-electron chi connectivity index (χ0n) is 10.3. The van der Waals surface area contributed by atoms with Crippen LogP contribution < -0.4 is 5.32 Å². The van der Waals surface area contributed by atoms with Gasteiger partial charge in [-0.3, -0.25) is 0 Å². The van der Waals surface area contributed by atoms with Crippen molar-refractivity contribution >= 4 is 34.2 Å². The van der Waals surface area contributed by atoms with Crippen LogP contribution in [0.1, 0.15) is 48.9 Å². The molecule has 0 aromatic heterocycles. The second-order valence-corrected chi connectivity index (χ2v) is 6.07. The van der Waals surface area contributed by atoms with Crippen LogP contribution in [0.5, 0.6) is 0 Å². The number of benzene rings is 1. The molecule has 0 radical (unpaired) electrons. The molecule has 0 unspecified atom stereocenters. The molecule has 2 rings (SSSR count). The van der Waals surface area contributed by atoms with Gasteiger partial charge in [0.15, 0.2) is 0 Å². The summed E-state index contributed by atoms with van der Waals surface area (Å²) in [5.74, 6) is -0.857. The molecule has 0 heterocycles. The molecule has 0 bridgehead atoms. The lowest BCUT2D eigenvalue weighted by Crippen LogP contribution is -2.20. The molecule has 1 aromatic rings. The molecule has 1 fully saturated rings. The monoisotopic (exact) mass is 359 g/mol. The first kappa shape index (κ1) is 13.6. The molecule has 2 N–H and O–H groups in total. The van der Waals surface area contributed by atoms with Gasteiger partial charge in [0, 0.05) is 15.3 Å². The average molecular weight is 359 g/mol. The summed E-state index contributed by atoms with van der Waals surface area (Å²) in [7, 11) is 0. The van der Waals surface area contributed by atoms with Crippen molar-refractivity contribution in [3.63, 3.8) is 0 Å². The van der Waals surface area contributed by atoms with E-state index in [1.54, 1.807) is 6.07 Å². The summed E-state index contributed by atoms with van der Waals surface area (Å²) in [5, 5.41) is 12.6. The third-order valence-electron chi connectivity index (χ3n) is 3.43. The van der Waals surface area contributed by atoms with Crippen LogP contribution >= 0.6 is 22.6 Å². The summed E-state index contributed by atoms with van der Waals surface area (Å²) in [6.45, 7) is 0. The highest BCUT2D eigenvalue weighted by Crippen LogP contribution is 2.24. The van der Waals surface area contributed by atoms with Crippen LogP contribution in [0.15, 0.2) is 18.2 Å². The van der Waals surface area contributed by atoms with Crippen molar-refractivity contribution in [1.82, 2.24) is 0 Å². The van der Waals surface area contributed by atoms with E-state index in [9.17, 15) is 9.90 Å². The van der Waals surface area contributed by atoms with E-state index in [0.717, 1.165) is 22.1 Å². The van der Waals surface area contributed by atoms with Crippen LogP contribution in [0.4, 0.5) is 5.69 Å². The Bertz CT molecular complexity index is 426. The van der Waals surface area contributed by atoms with Crippen molar-refractivity contribution in [2.24, 2.45) is 0 Å². The molecule has 1 saturated carbocycles. The molecule has 0 spiro atoms. The lowest BCUT2D eigenvalue weighted by Gasteiger charge is -2.19. The molecular weight excluding hydrogens is 341 g/mol. The van der Waals surface area contributed by atoms with E-state index in [-0.39, 0.29) is 0 Å². The molecule has 4 heteroatoms. The van der Waals surface area contributed by atoms with E-state index in [0.29, 0.717) is 11.6 Å². The van der Waals surface area contributed by atoms with Crippen LogP contribution in [-0.2, 0) is 0 Å². The molecule has 18 heavy (non-hydrogen) atoms. The van der Waals surface area contributed by atoms with Crippen LogP contribution in [0.2, 0.25) is 0 Å². The van der Waals surface area contributed by atoms with Crippen molar-refractivity contribution in [2.75, 3.05) is 5.32 Å². The molecule has 1 aliphatic carbocycles. The Labute approximate surface area is 121 Å². The van der Waals surface area contributed by atoms with Gasteiger partial charge in [0.05, 0.1) is 5.56 Å². The van der Waals surface area contributed by atoms with E-state index >= 15 is 0 Å². The Hall–Kier alpha value is -0.780. The van der Waals surface area contributed by atoms with Crippen molar-refractivity contribution in [2.45, 2.75) is 44.6 Å². The maximum Gasteiger partial charge on any atom is 0.337 e. The van der Waals surface area contributed by atoms with Gasteiger partial charge in [0.2, 0.25) is 0 Å². The summed E-state index contributed by atoms with van der Waals surface area (Å²) in [4.78, 5) is 11.2. The van der Waals surface area contributed by atoms with Crippen molar-refractivity contribution in [3.05, 3.63) is 27.3 Å². The maximum absolute atomic E-state index is 11.2. The summed E-state index contributed by atoms with van der Waals surface area (Å²) in [6, 6.07) is 5.98. The maximum atomic E-state index is 11.2. The van der Waals surface area contributed by atoms with Crippen LogP contribution in [0, 0.1) is 3.57 Å². The molecule has 98 valence electrons. The summed E-state index contributed by atoms with van der Waals surface area (Å²) < 4.78 is 0.955. The lowest BCUT2D eigenvalue weighted by molar-refractivity contribution is 0.0698. The van der Waals surface area contributed by atoms with E-state index in [4.69, 9.17) is 0 Å². The minimum absolute atomic E-state index is 0.381. The van der Waals surface area contributed by atoms with E-state index in [1.165, 1.54) is 25.7 Å². The smallest absolute Gasteiger partial charge is 0.337 e. The number of nitrogens with one attached hydrogen (secondary N) is 1. The molecule has 1 aliphatic rings. The van der Waals surface area contributed by atoms with Gasteiger partial charge < -0.3 is 10.4 Å². The summed E-state index contributed by atoms with van der Waals surface area (Å²) in [5.41, 5.74) is 1.14. The largest absolute Gasteiger partial charge is 0.478 e. The SMILES string of the molecule is O=C(O)c1cc(I)ccc1NC1CCCCCC1. The first-order valence-electron chi connectivity index (χ1n) is 6.46. The molecule has 0 amide bonds. The number of halogens is 1. The number of aromatic carboxylic acids is 1. The third kappa shape index (κ3) is 3.60. The predicted octanol–water partition coefficient (Wildman–Crippen LogP) is 4.12. The first-order chi connectivity index (χ1) is 8.66. The minimum atomic E-state index is -0.857. The fourth-order valence-electron chi connectivity index (χ4n) is 2.46. The van der Waals surface area contributed by atoms with Gasteiger partial charge in [-0.1, -0.05) is 25.7 Å². The number of hydrogen-bond acceptors (Lipinski definition) is 2. The Morgan fingerprint density at radius 1 is 1.22 bits per heavy atom. The topological polar surface area (TPSA) is 49.3 Å². The Morgan fingerprint density at radius 2 is 1.89 bits per heavy atom. The van der Waals surface area contributed by atoms with Crippen LogP contribution in [0.25, 0.3) is 0 Å². The van der Waals surface area contributed by atoms with Gasteiger partial charge in [-0.05, 0) is 53.6 Å². The van der Waals surface area contributed by atoms with Gasteiger partial charge in [-0.2, -0.15) is 0 Å². The Morgan fingerprint density at radius 3 is 2.50 bits per heavy atom. The lowest BCUT2D eigenvalue weighted by atomic mass is 10.1. The van der Waals surface area contributed by atoms with Gasteiger partial charge in [-0.25, -0.2) is 4.79 Å². The van der Waals surface area contributed by atoms with Gasteiger partial charge >= 0.3 is 5.97 Å². The normalized spacial score (nSPS) is 17.2. The third-order valence-corrected chi connectivity index (χ3v) is 4.10.